The van der Waals surface area contributed by atoms with Gasteiger partial charge in [0.2, 0.25) is 0 Å². The minimum atomic E-state index is -0.711. The number of hydrogen-bond donors (Lipinski definition) is 2. The molecule has 1 rings (SSSR count). The van der Waals surface area contributed by atoms with E-state index in [-0.39, 0.29) is 12.2 Å². The fourth-order valence-electron chi connectivity index (χ4n) is 1.94. The van der Waals surface area contributed by atoms with Crippen LogP contribution in [0.2, 0.25) is 0 Å². The molecule has 0 unspecified atom stereocenters. The number of halogens is 1. The lowest BCUT2D eigenvalue weighted by Gasteiger charge is -2.05. The summed E-state index contributed by atoms with van der Waals surface area (Å²) in [6, 6.07) is 6.61. The standard InChI is InChI=1S/C15H22FNO2/c16-14-8-6-7-13(11-14)12-17-10-5-3-1-2-4-9-15(18)19/h6-8,11,17H,1-5,9-10,12H2,(H,18,19). The molecule has 0 aliphatic heterocycles. The van der Waals surface area contributed by atoms with E-state index in [4.69, 9.17) is 5.11 Å². The van der Waals surface area contributed by atoms with Gasteiger partial charge in [-0.3, -0.25) is 4.79 Å². The minimum Gasteiger partial charge on any atom is -0.481 e. The van der Waals surface area contributed by atoms with E-state index in [1.165, 1.54) is 6.07 Å². The van der Waals surface area contributed by atoms with Crippen LogP contribution in [0, 0.1) is 5.82 Å². The van der Waals surface area contributed by atoms with Crippen molar-refractivity contribution in [3.8, 4) is 0 Å². The molecule has 0 radical (unpaired) electrons. The second-order valence-electron chi connectivity index (χ2n) is 4.72. The minimum absolute atomic E-state index is 0.197. The molecule has 1 aromatic rings. The zero-order valence-corrected chi connectivity index (χ0v) is 11.2. The molecule has 0 spiro atoms. The van der Waals surface area contributed by atoms with Crippen LogP contribution in [-0.4, -0.2) is 17.6 Å². The molecule has 0 saturated heterocycles. The average Bonchev–Trinajstić information content (AvgIpc) is 2.36. The Balaban J connectivity index is 1.93. The van der Waals surface area contributed by atoms with Crippen LogP contribution in [0.1, 0.15) is 44.1 Å². The van der Waals surface area contributed by atoms with E-state index < -0.39 is 5.97 Å². The van der Waals surface area contributed by atoms with Crippen LogP contribution in [0.4, 0.5) is 4.39 Å². The van der Waals surface area contributed by atoms with Gasteiger partial charge in [-0.05, 0) is 37.1 Å². The summed E-state index contributed by atoms with van der Waals surface area (Å²) in [4.78, 5) is 10.3. The molecule has 3 nitrogen and oxygen atoms in total. The Kier molecular flexibility index (Phi) is 7.82. The summed E-state index contributed by atoms with van der Waals surface area (Å²) in [5, 5.41) is 11.8. The summed E-state index contributed by atoms with van der Waals surface area (Å²) in [5.74, 6) is -0.908. The van der Waals surface area contributed by atoms with Crippen LogP contribution in [0.15, 0.2) is 24.3 Å². The Hall–Kier alpha value is -1.42. The molecule has 1 aromatic carbocycles. The first-order chi connectivity index (χ1) is 9.18. The molecule has 0 amide bonds. The summed E-state index contributed by atoms with van der Waals surface area (Å²) in [7, 11) is 0. The van der Waals surface area contributed by atoms with Crippen molar-refractivity contribution in [1.29, 1.82) is 0 Å². The third-order valence-corrected chi connectivity index (χ3v) is 2.96. The number of carbonyl (C=O) groups is 1. The Morgan fingerprint density at radius 3 is 2.63 bits per heavy atom. The van der Waals surface area contributed by atoms with Crippen molar-refractivity contribution in [2.45, 2.75) is 45.1 Å². The molecular weight excluding hydrogens is 245 g/mol. The van der Waals surface area contributed by atoms with Gasteiger partial charge in [0.05, 0.1) is 0 Å². The molecule has 4 heteroatoms. The smallest absolute Gasteiger partial charge is 0.303 e. The van der Waals surface area contributed by atoms with Crippen LogP contribution in [-0.2, 0) is 11.3 Å². The third-order valence-electron chi connectivity index (χ3n) is 2.96. The molecule has 0 aromatic heterocycles. The predicted octanol–water partition coefficient (Wildman–Crippen LogP) is 3.34. The van der Waals surface area contributed by atoms with Crippen molar-refractivity contribution >= 4 is 5.97 Å². The van der Waals surface area contributed by atoms with Crippen LogP contribution in [0.5, 0.6) is 0 Å². The van der Waals surface area contributed by atoms with Crippen molar-refractivity contribution in [2.24, 2.45) is 0 Å². The molecular formula is C15H22FNO2. The van der Waals surface area contributed by atoms with Crippen molar-refractivity contribution in [2.75, 3.05) is 6.54 Å². The maximum atomic E-state index is 12.9. The Morgan fingerprint density at radius 2 is 1.89 bits per heavy atom. The normalized spacial score (nSPS) is 10.6. The quantitative estimate of drug-likeness (QED) is 0.639. The third kappa shape index (κ3) is 8.32. The van der Waals surface area contributed by atoms with E-state index in [2.05, 4.69) is 5.32 Å². The van der Waals surface area contributed by atoms with Crippen LogP contribution >= 0.6 is 0 Å². The number of rotatable bonds is 10. The van der Waals surface area contributed by atoms with Gasteiger partial charge in [0.1, 0.15) is 5.82 Å². The molecule has 0 aliphatic carbocycles. The Bertz CT molecular complexity index is 382. The largest absolute Gasteiger partial charge is 0.481 e. The maximum Gasteiger partial charge on any atom is 0.303 e. The number of carboxylic acids is 1. The zero-order chi connectivity index (χ0) is 13.9. The van der Waals surface area contributed by atoms with Gasteiger partial charge in [-0.25, -0.2) is 4.39 Å². The Labute approximate surface area is 113 Å². The van der Waals surface area contributed by atoms with Gasteiger partial charge in [0.15, 0.2) is 0 Å². The highest BCUT2D eigenvalue weighted by Gasteiger charge is 1.97. The van der Waals surface area contributed by atoms with E-state index in [1.807, 2.05) is 6.07 Å². The number of aliphatic carboxylic acids is 1. The summed E-state index contributed by atoms with van der Waals surface area (Å²) < 4.78 is 12.9. The number of unbranched alkanes of at least 4 members (excludes halogenated alkanes) is 4. The van der Waals surface area contributed by atoms with E-state index in [0.29, 0.717) is 6.54 Å². The SMILES string of the molecule is O=C(O)CCCCCCCNCc1cccc(F)c1. The number of nitrogens with one attached hydrogen (secondary N) is 1. The van der Waals surface area contributed by atoms with Crippen LogP contribution in [0.3, 0.4) is 0 Å². The van der Waals surface area contributed by atoms with E-state index in [1.54, 1.807) is 12.1 Å². The molecule has 106 valence electrons. The first-order valence-electron chi connectivity index (χ1n) is 6.85. The molecule has 0 fully saturated rings. The van der Waals surface area contributed by atoms with E-state index in [9.17, 15) is 9.18 Å². The van der Waals surface area contributed by atoms with Gasteiger partial charge >= 0.3 is 5.97 Å². The van der Waals surface area contributed by atoms with Gasteiger partial charge in [-0.15, -0.1) is 0 Å². The van der Waals surface area contributed by atoms with E-state index in [0.717, 1.165) is 44.2 Å². The van der Waals surface area contributed by atoms with Crippen molar-refractivity contribution in [1.82, 2.24) is 5.32 Å². The second-order valence-corrected chi connectivity index (χ2v) is 4.72. The van der Waals surface area contributed by atoms with Crippen LogP contribution in [0.25, 0.3) is 0 Å². The predicted molar refractivity (Wildman–Crippen MR) is 73.4 cm³/mol. The van der Waals surface area contributed by atoms with Crippen molar-refractivity contribution in [3.63, 3.8) is 0 Å². The van der Waals surface area contributed by atoms with Gasteiger partial charge in [-0.2, -0.15) is 0 Å². The zero-order valence-electron chi connectivity index (χ0n) is 11.2. The monoisotopic (exact) mass is 267 g/mol. The first kappa shape index (κ1) is 15.6. The molecule has 0 aliphatic rings. The molecule has 19 heavy (non-hydrogen) atoms. The summed E-state index contributed by atoms with van der Waals surface area (Å²) in [6.07, 6.45) is 5.28. The number of hydrogen-bond acceptors (Lipinski definition) is 2. The lowest BCUT2D eigenvalue weighted by atomic mass is 10.1. The molecule has 2 N–H and O–H groups in total. The first-order valence-corrected chi connectivity index (χ1v) is 6.85. The van der Waals surface area contributed by atoms with Crippen molar-refractivity contribution < 1.29 is 14.3 Å². The highest BCUT2D eigenvalue weighted by Crippen LogP contribution is 2.06. The molecule has 0 atom stereocenters. The summed E-state index contributed by atoms with van der Waals surface area (Å²) >= 11 is 0. The summed E-state index contributed by atoms with van der Waals surface area (Å²) in [5.41, 5.74) is 0.960. The highest BCUT2D eigenvalue weighted by molar-refractivity contribution is 5.66. The fraction of sp³-hybridized carbons (Fsp3) is 0.533. The topological polar surface area (TPSA) is 49.3 Å². The number of carboxylic acid groups (broad SMARTS) is 1. The summed E-state index contributed by atoms with van der Waals surface area (Å²) in [6.45, 7) is 1.60. The van der Waals surface area contributed by atoms with Crippen LogP contribution < -0.4 is 5.32 Å². The van der Waals surface area contributed by atoms with Gasteiger partial charge in [0, 0.05) is 13.0 Å². The fourth-order valence-corrected chi connectivity index (χ4v) is 1.94. The lowest BCUT2D eigenvalue weighted by Crippen LogP contribution is -2.14. The van der Waals surface area contributed by atoms with Gasteiger partial charge in [0.25, 0.3) is 0 Å². The lowest BCUT2D eigenvalue weighted by molar-refractivity contribution is -0.137. The number of benzene rings is 1. The molecule has 0 saturated carbocycles. The Morgan fingerprint density at radius 1 is 1.16 bits per heavy atom. The van der Waals surface area contributed by atoms with Crippen molar-refractivity contribution in [3.05, 3.63) is 35.6 Å². The second kappa shape index (κ2) is 9.50. The average molecular weight is 267 g/mol. The van der Waals surface area contributed by atoms with Gasteiger partial charge < -0.3 is 10.4 Å². The van der Waals surface area contributed by atoms with E-state index >= 15 is 0 Å². The maximum absolute atomic E-state index is 12.9. The van der Waals surface area contributed by atoms with Gasteiger partial charge in [-0.1, -0.05) is 31.4 Å². The highest BCUT2D eigenvalue weighted by atomic mass is 19.1. The molecule has 0 bridgehead atoms. The molecule has 0 heterocycles.